The summed E-state index contributed by atoms with van der Waals surface area (Å²) >= 11 is 1.18. The van der Waals surface area contributed by atoms with E-state index in [9.17, 15) is 18.0 Å². The number of hydrogen-bond donors (Lipinski definition) is 1. The first kappa shape index (κ1) is 24.1. The Morgan fingerprint density at radius 2 is 1.74 bits per heavy atom. The summed E-state index contributed by atoms with van der Waals surface area (Å²) in [5.41, 5.74) is 1.56. The zero-order valence-corrected chi connectivity index (χ0v) is 19.2. The van der Waals surface area contributed by atoms with Crippen LogP contribution in [0.15, 0.2) is 59.6 Å². The third kappa shape index (κ3) is 5.93. The van der Waals surface area contributed by atoms with Crippen molar-refractivity contribution in [3.8, 4) is 28.6 Å². The molecule has 2 aromatic heterocycles. The summed E-state index contributed by atoms with van der Waals surface area (Å²) in [7, 11) is 3.08. The predicted molar refractivity (Wildman–Crippen MR) is 122 cm³/mol. The highest BCUT2D eigenvalue weighted by Crippen LogP contribution is 2.32. The minimum Gasteiger partial charge on any atom is -0.493 e. The van der Waals surface area contributed by atoms with Gasteiger partial charge in [0.25, 0.3) is 0 Å². The third-order valence-corrected chi connectivity index (χ3v) is 5.52. The summed E-state index contributed by atoms with van der Waals surface area (Å²) in [5, 5.41) is 16.0. The molecule has 1 N–H and O–H groups in total. The number of hydrogen-bond acceptors (Lipinski definition) is 8. The lowest BCUT2D eigenvalue weighted by molar-refractivity contribution is -0.274. The number of benzene rings is 2. The minimum atomic E-state index is -4.78. The Kier molecular flexibility index (Phi) is 6.96. The van der Waals surface area contributed by atoms with Crippen LogP contribution in [-0.2, 0) is 4.79 Å². The van der Waals surface area contributed by atoms with Crippen molar-refractivity contribution in [2.75, 3.05) is 25.3 Å². The van der Waals surface area contributed by atoms with Crippen molar-refractivity contribution in [1.29, 1.82) is 0 Å². The number of carbonyl (C=O) groups excluding carboxylic acids is 1. The molecule has 0 atom stereocenters. The van der Waals surface area contributed by atoms with Crippen molar-refractivity contribution >= 4 is 29.0 Å². The first-order chi connectivity index (χ1) is 16.8. The summed E-state index contributed by atoms with van der Waals surface area (Å²) in [5.74, 6) is 0.873. The van der Waals surface area contributed by atoms with E-state index < -0.39 is 6.36 Å². The first-order valence-corrected chi connectivity index (χ1v) is 11.0. The molecule has 4 rings (SSSR count). The molecular formula is C22H18F3N5O4S. The molecule has 35 heavy (non-hydrogen) atoms. The smallest absolute Gasteiger partial charge is 0.493 e. The van der Waals surface area contributed by atoms with Crippen molar-refractivity contribution in [3.63, 3.8) is 0 Å². The van der Waals surface area contributed by atoms with Crippen LogP contribution in [0.3, 0.4) is 0 Å². The van der Waals surface area contributed by atoms with Crippen molar-refractivity contribution in [2.45, 2.75) is 11.4 Å². The van der Waals surface area contributed by atoms with Gasteiger partial charge in [-0.25, -0.2) is 0 Å². The number of anilines is 1. The highest BCUT2D eigenvalue weighted by molar-refractivity contribution is 7.99. The van der Waals surface area contributed by atoms with Gasteiger partial charge in [-0.05, 0) is 54.6 Å². The zero-order valence-electron chi connectivity index (χ0n) is 18.4. The van der Waals surface area contributed by atoms with Gasteiger partial charge in [0, 0.05) is 11.3 Å². The number of aromatic nitrogens is 4. The standard InChI is InChI=1S/C22H18F3N5O4S/c1-32-16-8-3-13(11-17(16)33-2)21-28-27-18-9-10-20(29-30(18)21)35-12-19(31)26-14-4-6-15(7-5-14)34-22(23,24)25/h3-11H,12H2,1-2H3,(H,26,31). The third-order valence-electron chi connectivity index (χ3n) is 4.60. The number of nitrogens with zero attached hydrogens (tertiary/aromatic N) is 4. The Morgan fingerprint density at radius 3 is 2.43 bits per heavy atom. The Morgan fingerprint density at radius 1 is 1.00 bits per heavy atom. The molecule has 1 amide bonds. The fraction of sp³-hybridized carbons (Fsp3) is 0.182. The number of rotatable bonds is 8. The number of ether oxygens (including phenoxy) is 3. The molecule has 0 fully saturated rings. The van der Waals surface area contributed by atoms with Crippen LogP contribution in [0.2, 0.25) is 0 Å². The normalized spacial score (nSPS) is 11.3. The molecule has 0 aliphatic carbocycles. The van der Waals surface area contributed by atoms with E-state index in [0.29, 0.717) is 39.2 Å². The maximum Gasteiger partial charge on any atom is 0.573 e. The molecule has 182 valence electrons. The molecular weight excluding hydrogens is 487 g/mol. The van der Waals surface area contributed by atoms with Crippen LogP contribution in [0.1, 0.15) is 0 Å². The number of nitrogens with one attached hydrogen (secondary N) is 1. The van der Waals surface area contributed by atoms with Gasteiger partial charge in [-0.15, -0.1) is 23.4 Å². The Bertz CT molecular complexity index is 1350. The van der Waals surface area contributed by atoms with Gasteiger partial charge in [-0.2, -0.15) is 9.61 Å². The van der Waals surface area contributed by atoms with Gasteiger partial charge < -0.3 is 19.5 Å². The lowest BCUT2D eigenvalue weighted by atomic mass is 10.2. The quantitative estimate of drug-likeness (QED) is 0.351. The summed E-state index contributed by atoms with van der Waals surface area (Å²) in [6, 6.07) is 13.6. The van der Waals surface area contributed by atoms with Crippen LogP contribution in [0.5, 0.6) is 17.2 Å². The molecule has 0 bridgehead atoms. The lowest BCUT2D eigenvalue weighted by Crippen LogP contribution is -2.17. The molecule has 2 aromatic carbocycles. The van der Waals surface area contributed by atoms with Crippen LogP contribution < -0.4 is 19.5 Å². The number of fused-ring (bicyclic) bond motifs is 1. The van der Waals surface area contributed by atoms with Crippen molar-refractivity contribution < 1.29 is 32.2 Å². The van der Waals surface area contributed by atoms with E-state index in [1.54, 1.807) is 42.0 Å². The largest absolute Gasteiger partial charge is 0.573 e. The molecule has 0 radical (unpaired) electrons. The van der Waals surface area contributed by atoms with Gasteiger partial charge in [0.2, 0.25) is 5.91 Å². The molecule has 2 heterocycles. The molecule has 0 unspecified atom stereocenters. The molecule has 0 saturated heterocycles. The van der Waals surface area contributed by atoms with E-state index in [1.807, 2.05) is 0 Å². The van der Waals surface area contributed by atoms with Gasteiger partial charge in [-0.3, -0.25) is 4.79 Å². The number of thioether (sulfide) groups is 1. The Hall–Kier alpha value is -4.00. The number of amides is 1. The summed E-state index contributed by atoms with van der Waals surface area (Å²) in [6.45, 7) is 0. The number of halogens is 3. The van der Waals surface area contributed by atoms with Crippen molar-refractivity contribution in [1.82, 2.24) is 19.8 Å². The molecule has 4 aromatic rings. The van der Waals surface area contributed by atoms with Gasteiger partial charge in [0.15, 0.2) is 23.0 Å². The van der Waals surface area contributed by atoms with E-state index in [1.165, 1.54) is 31.0 Å². The van der Waals surface area contributed by atoms with Gasteiger partial charge in [-0.1, -0.05) is 11.8 Å². The van der Waals surface area contributed by atoms with Crippen molar-refractivity contribution in [3.05, 3.63) is 54.6 Å². The molecule has 13 heteroatoms. The summed E-state index contributed by atoms with van der Waals surface area (Å²) in [4.78, 5) is 12.3. The van der Waals surface area contributed by atoms with Crippen LogP contribution in [0.25, 0.3) is 17.0 Å². The number of carbonyl (C=O) groups is 1. The molecule has 0 spiro atoms. The fourth-order valence-corrected chi connectivity index (χ4v) is 3.74. The van der Waals surface area contributed by atoms with E-state index in [4.69, 9.17) is 9.47 Å². The van der Waals surface area contributed by atoms with Gasteiger partial charge >= 0.3 is 6.36 Å². The second-order valence-electron chi connectivity index (χ2n) is 6.94. The highest BCUT2D eigenvalue weighted by atomic mass is 32.2. The van der Waals surface area contributed by atoms with Gasteiger partial charge in [0.05, 0.1) is 20.0 Å². The Labute approximate surface area is 201 Å². The van der Waals surface area contributed by atoms with E-state index >= 15 is 0 Å². The van der Waals surface area contributed by atoms with Crippen LogP contribution in [-0.4, -0.2) is 52.1 Å². The van der Waals surface area contributed by atoms with E-state index in [2.05, 4.69) is 25.3 Å². The van der Waals surface area contributed by atoms with Crippen LogP contribution in [0, 0.1) is 0 Å². The SMILES string of the molecule is COc1ccc(-c2nnc3ccc(SCC(=O)Nc4ccc(OC(F)(F)F)cc4)nn23)cc1OC. The van der Waals surface area contributed by atoms with Crippen molar-refractivity contribution in [2.24, 2.45) is 0 Å². The second kappa shape index (κ2) is 10.1. The molecule has 0 aliphatic heterocycles. The topological polar surface area (TPSA) is 99.9 Å². The zero-order chi connectivity index (χ0) is 25.0. The Balaban J connectivity index is 1.43. The van der Waals surface area contributed by atoms with Gasteiger partial charge in [0.1, 0.15) is 10.8 Å². The minimum absolute atomic E-state index is 0.0210. The van der Waals surface area contributed by atoms with Crippen LogP contribution in [0.4, 0.5) is 18.9 Å². The second-order valence-corrected chi connectivity index (χ2v) is 7.94. The highest BCUT2D eigenvalue weighted by Gasteiger charge is 2.31. The van der Waals surface area contributed by atoms with E-state index in [0.717, 1.165) is 12.1 Å². The first-order valence-electron chi connectivity index (χ1n) is 9.99. The predicted octanol–water partition coefficient (Wildman–Crippen LogP) is 4.44. The molecule has 0 saturated carbocycles. The summed E-state index contributed by atoms with van der Waals surface area (Å²) in [6.07, 6.45) is -4.78. The fourth-order valence-electron chi connectivity index (χ4n) is 3.08. The average Bonchev–Trinajstić information content (AvgIpc) is 3.26. The number of methoxy groups -OCH3 is 2. The molecule has 9 nitrogen and oxygen atoms in total. The van der Waals surface area contributed by atoms with E-state index in [-0.39, 0.29) is 17.4 Å². The summed E-state index contributed by atoms with van der Waals surface area (Å²) < 4.78 is 52.7. The number of alkyl halides is 3. The average molecular weight is 505 g/mol. The molecule has 0 aliphatic rings. The lowest BCUT2D eigenvalue weighted by Gasteiger charge is -2.10. The monoisotopic (exact) mass is 505 g/mol. The maximum atomic E-state index is 12.3. The van der Waals surface area contributed by atoms with Crippen LogP contribution >= 0.6 is 11.8 Å². The maximum absolute atomic E-state index is 12.3.